The Morgan fingerprint density at radius 2 is 0.889 bits per heavy atom. The minimum absolute atomic E-state index is 0.469. The van der Waals surface area contributed by atoms with Crippen LogP contribution in [0.5, 0.6) is 0 Å². The zero-order valence-corrected chi connectivity index (χ0v) is 19.2. The van der Waals surface area contributed by atoms with Crippen molar-refractivity contribution in [1.29, 1.82) is 10.5 Å². The van der Waals surface area contributed by atoms with Crippen LogP contribution in [0.4, 0.5) is 0 Å². The summed E-state index contributed by atoms with van der Waals surface area (Å²) >= 11 is 0. The van der Waals surface area contributed by atoms with E-state index in [1.807, 2.05) is 24.3 Å². The predicted octanol–water partition coefficient (Wildman–Crippen LogP) is 7.62. The summed E-state index contributed by atoms with van der Waals surface area (Å²) in [4.78, 5) is 0. The van der Waals surface area contributed by atoms with Crippen molar-refractivity contribution >= 4 is 43.6 Å². The Hall–Kier alpha value is -5.32. The molecular weight excluding hydrogens is 440 g/mol. The van der Waals surface area contributed by atoms with Crippen molar-refractivity contribution in [3.63, 3.8) is 0 Å². The lowest BCUT2D eigenvalue weighted by molar-refractivity contribution is 1.17. The van der Waals surface area contributed by atoms with Crippen LogP contribution in [0.2, 0.25) is 0 Å². The van der Waals surface area contributed by atoms with E-state index in [9.17, 15) is 10.5 Å². The fourth-order valence-electron chi connectivity index (χ4n) is 5.43. The van der Waals surface area contributed by atoms with E-state index >= 15 is 0 Å². The van der Waals surface area contributed by atoms with Crippen LogP contribution in [0.25, 0.3) is 55.0 Å². The number of hydrogen-bond acceptors (Lipinski definition) is 2. The van der Waals surface area contributed by atoms with Gasteiger partial charge in [-0.25, -0.2) is 0 Å². The van der Waals surface area contributed by atoms with Gasteiger partial charge in [-0.1, -0.05) is 54.6 Å². The summed E-state index contributed by atoms with van der Waals surface area (Å²) in [7, 11) is 0. The summed E-state index contributed by atoms with van der Waals surface area (Å²) < 4.78 is 4.49. The Labute approximate surface area is 207 Å². The van der Waals surface area contributed by atoms with E-state index in [0.29, 0.717) is 11.1 Å². The van der Waals surface area contributed by atoms with Crippen LogP contribution in [0.15, 0.2) is 109 Å². The molecule has 36 heavy (non-hydrogen) atoms. The van der Waals surface area contributed by atoms with E-state index in [1.54, 1.807) is 6.07 Å². The second kappa shape index (κ2) is 7.60. The van der Waals surface area contributed by atoms with Crippen LogP contribution < -0.4 is 0 Å². The highest BCUT2D eigenvalue weighted by Crippen LogP contribution is 2.39. The number of nitrogens with zero attached hydrogens (tertiary/aromatic N) is 4. The minimum atomic E-state index is 0.469. The van der Waals surface area contributed by atoms with Gasteiger partial charge in [0, 0.05) is 32.9 Å². The van der Waals surface area contributed by atoms with E-state index in [2.05, 4.69) is 100 Å². The highest BCUT2D eigenvalue weighted by atomic mass is 15.0. The SMILES string of the molecule is N#Cc1cc(C#N)cc(-n2c3ccccc3c3cc4c(cc32)c2ccccc2n4-c2ccccc2)c1. The van der Waals surface area contributed by atoms with E-state index in [-0.39, 0.29) is 0 Å². The maximum absolute atomic E-state index is 9.61. The first kappa shape index (κ1) is 20.1. The van der Waals surface area contributed by atoms with Gasteiger partial charge in [0.15, 0.2) is 0 Å². The lowest BCUT2D eigenvalue weighted by Gasteiger charge is -2.10. The Bertz CT molecular complexity index is 2030. The quantitative estimate of drug-likeness (QED) is 0.267. The molecule has 4 nitrogen and oxygen atoms in total. The standard InChI is InChI=1S/C32H18N4/c33-19-21-14-22(20-34)16-24(15-21)36-30-13-7-5-11-26(30)28-17-31-27(18-32(28)36)25-10-4-6-12-29(25)35(31)23-8-2-1-3-9-23/h1-18H. The third-order valence-electron chi connectivity index (χ3n) is 6.91. The molecule has 2 aromatic heterocycles. The molecule has 0 saturated heterocycles. The lowest BCUT2D eigenvalue weighted by atomic mass is 10.1. The van der Waals surface area contributed by atoms with Crippen LogP contribution in [-0.2, 0) is 0 Å². The Kier molecular flexibility index (Phi) is 4.24. The van der Waals surface area contributed by atoms with Crippen molar-refractivity contribution in [3.05, 3.63) is 120 Å². The number of hydrogen-bond donors (Lipinski definition) is 0. The molecule has 2 heterocycles. The number of para-hydroxylation sites is 3. The Balaban J connectivity index is 1.67. The van der Waals surface area contributed by atoms with Crippen molar-refractivity contribution < 1.29 is 0 Å². The molecular formula is C32H18N4. The number of fused-ring (bicyclic) bond motifs is 6. The number of rotatable bonds is 2. The van der Waals surface area contributed by atoms with Gasteiger partial charge >= 0.3 is 0 Å². The lowest BCUT2D eigenvalue weighted by Crippen LogP contribution is -1.96. The minimum Gasteiger partial charge on any atom is -0.309 e. The second-order valence-electron chi connectivity index (χ2n) is 8.92. The Morgan fingerprint density at radius 1 is 0.417 bits per heavy atom. The van der Waals surface area contributed by atoms with Gasteiger partial charge in [0.1, 0.15) is 0 Å². The van der Waals surface area contributed by atoms with Crippen LogP contribution in [0.1, 0.15) is 11.1 Å². The largest absolute Gasteiger partial charge is 0.309 e. The van der Waals surface area contributed by atoms with Crippen molar-refractivity contribution in [1.82, 2.24) is 9.13 Å². The normalized spacial score (nSPS) is 11.3. The van der Waals surface area contributed by atoms with Gasteiger partial charge in [-0.3, -0.25) is 0 Å². The molecule has 7 aromatic rings. The molecule has 0 saturated carbocycles. The molecule has 0 unspecified atom stereocenters. The van der Waals surface area contributed by atoms with Crippen molar-refractivity contribution in [3.8, 4) is 23.5 Å². The first-order valence-corrected chi connectivity index (χ1v) is 11.7. The predicted molar refractivity (Wildman–Crippen MR) is 145 cm³/mol. The molecule has 0 bridgehead atoms. The van der Waals surface area contributed by atoms with Crippen molar-refractivity contribution in [2.75, 3.05) is 0 Å². The maximum atomic E-state index is 9.61. The van der Waals surface area contributed by atoms with E-state index < -0.39 is 0 Å². The molecule has 0 aliphatic carbocycles. The first-order valence-electron chi connectivity index (χ1n) is 11.7. The van der Waals surface area contributed by atoms with E-state index in [1.165, 1.54) is 5.39 Å². The second-order valence-corrected chi connectivity index (χ2v) is 8.92. The molecule has 4 heteroatoms. The topological polar surface area (TPSA) is 57.4 Å². The molecule has 5 aromatic carbocycles. The van der Waals surface area contributed by atoms with Gasteiger partial charge in [-0.05, 0) is 54.6 Å². The number of aromatic nitrogens is 2. The molecule has 0 atom stereocenters. The summed E-state index contributed by atoms with van der Waals surface area (Å²) in [5, 5.41) is 23.8. The smallest absolute Gasteiger partial charge is 0.0992 e. The highest BCUT2D eigenvalue weighted by Gasteiger charge is 2.18. The summed E-state index contributed by atoms with van der Waals surface area (Å²) in [6, 6.07) is 41.5. The van der Waals surface area contributed by atoms with Crippen LogP contribution >= 0.6 is 0 Å². The fourth-order valence-corrected chi connectivity index (χ4v) is 5.43. The summed E-state index contributed by atoms with van der Waals surface area (Å²) in [6.45, 7) is 0. The maximum Gasteiger partial charge on any atom is 0.0992 e. The summed E-state index contributed by atoms with van der Waals surface area (Å²) in [5.41, 5.74) is 7.23. The molecule has 0 radical (unpaired) electrons. The third kappa shape index (κ3) is 2.79. The van der Waals surface area contributed by atoms with Crippen LogP contribution in [0, 0.1) is 22.7 Å². The number of benzene rings is 5. The van der Waals surface area contributed by atoms with Crippen molar-refractivity contribution in [2.45, 2.75) is 0 Å². The van der Waals surface area contributed by atoms with E-state index in [4.69, 9.17) is 0 Å². The van der Waals surface area contributed by atoms with Crippen molar-refractivity contribution in [2.24, 2.45) is 0 Å². The summed E-state index contributed by atoms with van der Waals surface area (Å²) in [6.07, 6.45) is 0. The number of nitriles is 2. The molecule has 0 fully saturated rings. The average Bonchev–Trinajstić information content (AvgIpc) is 3.44. The highest BCUT2D eigenvalue weighted by molar-refractivity contribution is 6.19. The zero-order valence-electron chi connectivity index (χ0n) is 19.2. The molecule has 0 spiro atoms. The molecule has 0 aliphatic rings. The monoisotopic (exact) mass is 458 g/mol. The zero-order chi connectivity index (χ0) is 24.2. The van der Waals surface area contributed by atoms with E-state index in [0.717, 1.165) is 49.6 Å². The van der Waals surface area contributed by atoms with Crippen LogP contribution in [-0.4, -0.2) is 9.13 Å². The molecule has 0 amide bonds. The van der Waals surface area contributed by atoms with Gasteiger partial charge in [0.05, 0.1) is 45.3 Å². The van der Waals surface area contributed by atoms with Gasteiger partial charge in [0.25, 0.3) is 0 Å². The molecule has 166 valence electrons. The molecule has 0 N–H and O–H groups in total. The fraction of sp³-hybridized carbons (Fsp3) is 0. The third-order valence-corrected chi connectivity index (χ3v) is 6.91. The first-order chi connectivity index (χ1) is 17.8. The van der Waals surface area contributed by atoms with Gasteiger partial charge < -0.3 is 9.13 Å². The van der Waals surface area contributed by atoms with Crippen LogP contribution in [0.3, 0.4) is 0 Å². The van der Waals surface area contributed by atoms with Gasteiger partial charge in [0.2, 0.25) is 0 Å². The molecule has 0 aliphatic heterocycles. The average molecular weight is 459 g/mol. The molecule has 7 rings (SSSR count). The summed E-state index contributed by atoms with van der Waals surface area (Å²) in [5.74, 6) is 0. The van der Waals surface area contributed by atoms with Gasteiger partial charge in [-0.2, -0.15) is 10.5 Å². The van der Waals surface area contributed by atoms with Gasteiger partial charge in [-0.15, -0.1) is 0 Å². The Morgan fingerprint density at radius 3 is 1.42 bits per heavy atom.